The summed E-state index contributed by atoms with van der Waals surface area (Å²) in [7, 11) is 0. The monoisotopic (exact) mass is 258 g/mol. The van der Waals surface area contributed by atoms with Crippen molar-refractivity contribution in [3.05, 3.63) is 34.9 Å². The van der Waals surface area contributed by atoms with Crippen LogP contribution in [0.5, 0.6) is 0 Å². The maximum Gasteiger partial charge on any atom is 0.166 e. The molecule has 4 rings (SSSR count). The van der Waals surface area contributed by atoms with Gasteiger partial charge in [0.05, 0.1) is 0 Å². The molecule has 18 heavy (non-hydrogen) atoms. The van der Waals surface area contributed by atoms with Crippen LogP contribution in [0, 0.1) is 5.92 Å². The Kier molecular flexibility index (Phi) is 2.54. The number of rotatable bonds is 2. The lowest BCUT2D eigenvalue weighted by molar-refractivity contribution is 0.0906. The Bertz CT molecular complexity index is 496. The van der Waals surface area contributed by atoms with Crippen LogP contribution in [0.3, 0.4) is 0 Å². The average Bonchev–Trinajstić information content (AvgIpc) is 2.69. The maximum absolute atomic E-state index is 12.6. The number of benzene rings is 1. The highest BCUT2D eigenvalue weighted by Gasteiger charge is 2.38. The second-order valence-electron chi connectivity index (χ2n) is 5.97. The Morgan fingerprint density at radius 2 is 1.78 bits per heavy atom. The van der Waals surface area contributed by atoms with Gasteiger partial charge in [0, 0.05) is 22.0 Å². The summed E-state index contributed by atoms with van der Waals surface area (Å²) in [6, 6.07) is 6.38. The predicted molar refractivity (Wildman–Crippen MR) is 75.3 cm³/mol. The Morgan fingerprint density at radius 1 is 1.06 bits per heavy atom. The summed E-state index contributed by atoms with van der Waals surface area (Å²) in [6.45, 7) is 0. The van der Waals surface area contributed by atoms with Crippen LogP contribution in [0.2, 0.25) is 0 Å². The molecule has 0 N–H and O–H groups in total. The van der Waals surface area contributed by atoms with Crippen LogP contribution in [0.4, 0.5) is 0 Å². The highest BCUT2D eigenvalue weighted by molar-refractivity contribution is 8.00. The molecule has 2 aliphatic heterocycles. The fourth-order valence-corrected chi connectivity index (χ4v) is 5.43. The second-order valence-corrected chi connectivity index (χ2v) is 7.58. The fourth-order valence-electron chi connectivity index (χ4n) is 3.66. The van der Waals surface area contributed by atoms with Crippen molar-refractivity contribution in [2.45, 2.75) is 49.0 Å². The van der Waals surface area contributed by atoms with Crippen LogP contribution < -0.4 is 0 Å². The summed E-state index contributed by atoms with van der Waals surface area (Å²) in [5, 5.41) is 1.54. The van der Waals surface area contributed by atoms with Crippen molar-refractivity contribution in [2.24, 2.45) is 5.92 Å². The number of aryl methyl sites for hydroxylation is 2. The van der Waals surface area contributed by atoms with E-state index in [4.69, 9.17) is 0 Å². The molecule has 2 heterocycles. The molecule has 2 fully saturated rings. The van der Waals surface area contributed by atoms with Gasteiger partial charge in [-0.05, 0) is 55.7 Å². The molecule has 2 atom stereocenters. The second kappa shape index (κ2) is 4.12. The molecule has 0 spiro atoms. The molecule has 0 radical (unpaired) electrons. The zero-order chi connectivity index (χ0) is 12.1. The van der Waals surface area contributed by atoms with Crippen LogP contribution in [0.1, 0.15) is 47.2 Å². The molecule has 2 heteroatoms. The van der Waals surface area contributed by atoms with Crippen molar-refractivity contribution >= 4 is 17.5 Å². The molecule has 2 bridgehead atoms. The number of Topliss-reactive ketones (excluding diaryl/α,β-unsaturated/α-hetero) is 1. The summed E-state index contributed by atoms with van der Waals surface area (Å²) in [5.41, 5.74) is 3.84. The first kappa shape index (κ1) is 11.1. The molecule has 0 amide bonds. The van der Waals surface area contributed by atoms with Crippen LogP contribution in [0.15, 0.2) is 18.2 Å². The van der Waals surface area contributed by atoms with E-state index in [0.29, 0.717) is 11.7 Å². The smallest absolute Gasteiger partial charge is 0.166 e. The molecular weight excluding hydrogens is 240 g/mol. The van der Waals surface area contributed by atoms with Gasteiger partial charge in [0.15, 0.2) is 5.78 Å². The van der Waals surface area contributed by atoms with Crippen LogP contribution in [-0.2, 0) is 12.8 Å². The van der Waals surface area contributed by atoms with Crippen LogP contribution >= 0.6 is 11.8 Å². The third-order valence-electron chi connectivity index (χ3n) is 4.82. The first-order valence-corrected chi connectivity index (χ1v) is 8.05. The van der Waals surface area contributed by atoms with E-state index in [1.54, 1.807) is 0 Å². The van der Waals surface area contributed by atoms with Crippen molar-refractivity contribution in [1.82, 2.24) is 0 Å². The summed E-state index contributed by atoms with van der Waals surface area (Å²) in [5.74, 6) is 0.726. The standard InChI is InChI=1S/C16H18OS/c17-16(12-4-2-10-1-3-11(10)7-12)13-8-14-5-6-15(9-13)18-14/h2,4,7,13-15H,1,3,5-6,8-9H2. The van der Waals surface area contributed by atoms with Gasteiger partial charge in [-0.25, -0.2) is 0 Å². The highest BCUT2D eigenvalue weighted by Crippen LogP contribution is 2.46. The molecular formula is C16H18OS. The van der Waals surface area contributed by atoms with Crippen molar-refractivity contribution in [3.63, 3.8) is 0 Å². The molecule has 1 aromatic carbocycles. The summed E-state index contributed by atoms with van der Waals surface area (Å²) in [4.78, 5) is 12.6. The fraction of sp³-hybridized carbons (Fsp3) is 0.562. The number of ketones is 1. The molecule has 0 saturated carbocycles. The van der Waals surface area contributed by atoms with Gasteiger partial charge in [0.1, 0.15) is 0 Å². The van der Waals surface area contributed by atoms with E-state index in [1.807, 2.05) is 0 Å². The van der Waals surface area contributed by atoms with E-state index in [-0.39, 0.29) is 0 Å². The van der Waals surface area contributed by atoms with Gasteiger partial charge >= 0.3 is 0 Å². The van der Waals surface area contributed by atoms with Gasteiger partial charge < -0.3 is 0 Å². The minimum atomic E-state index is 0.307. The normalized spacial score (nSPS) is 32.8. The molecule has 2 unspecified atom stereocenters. The number of hydrogen-bond acceptors (Lipinski definition) is 2. The lowest BCUT2D eigenvalue weighted by atomic mass is 9.84. The van der Waals surface area contributed by atoms with Crippen molar-refractivity contribution < 1.29 is 4.79 Å². The minimum Gasteiger partial charge on any atom is -0.294 e. The molecule has 1 aliphatic carbocycles. The first-order valence-electron chi connectivity index (χ1n) is 7.11. The largest absolute Gasteiger partial charge is 0.294 e. The first-order chi connectivity index (χ1) is 8.79. The molecule has 1 aromatic rings. The van der Waals surface area contributed by atoms with Gasteiger partial charge in [-0.2, -0.15) is 11.8 Å². The van der Waals surface area contributed by atoms with E-state index in [9.17, 15) is 4.79 Å². The van der Waals surface area contributed by atoms with Crippen LogP contribution in [0.25, 0.3) is 0 Å². The van der Waals surface area contributed by atoms with Gasteiger partial charge in [-0.15, -0.1) is 0 Å². The molecule has 1 nitrogen and oxygen atoms in total. The third kappa shape index (κ3) is 1.73. The van der Waals surface area contributed by atoms with Gasteiger partial charge in [-0.3, -0.25) is 4.79 Å². The Balaban J connectivity index is 1.57. The van der Waals surface area contributed by atoms with Crippen LogP contribution in [-0.4, -0.2) is 16.3 Å². The highest BCUT2D eigenvalue weighted by atomic mass is 32.2. The number of hydrogen-bond donors (Lipinski definition) is 0. The third-order valence-corrected chi connectivity index (χ3v) is 6.44. The SMILES string of the molecule is O=C(c1ccc2c(c1)CC2)C1CC2CCC(C1)S2. The quantitative estimate of drug-likeness (QED) is 0.753. The number of carbonyl (C=O) groups excluding carboxylic acids is 1. The van der Waals surface area contributed by atoms with E-state index < -0.39 is 0 Å². The topological polar surface area (TPSA) is 17.1 Å². The van der Waals surface area contributed by atoms with Crippen molar-refractivity contribution in [3.8, 4) is 0 Å². The molecule has 3 aliphatic rings. The lowest BCUT2D eigenvalue weighted by Gasteiger charge is -2.27. The van der Waals surface area contributed by atoms with E-state index in [0.717, 1.165) is 28.9 Å². The zero-order valence-electron chi connectivity index (χ0n) is 10.5. The van der Waals surface area contributed by atoms with E-state index >= 15 is 0 Å². The summed E-state index contributed by atoms with van der Waals surface area (Å²) in [6.07, 6.45) is 7.29. The van der Waals surface area contributed by atoms with Crippen molar-refractivity contribution in [2.75, 3.05) is 0 Å². The summed E-state index contributed by atoms with van der Waals surface area (Å²) < 4.78 is 0. The molecule has 0 aromatic heterocycles. The molecule has 2 saturated heterocycles. The predicted octanol–water partition coefficient (Wildman–Crippen LogP) is 3.64. The summed E-state index contributed by atoms with van der Waals surface area (Å²) >= 11 is 2.13. The van der Waals surface area contributed by atoms with E-state index in [1.165, 1.54) is 36.8 Å². The average molecular weight is 258 g/mol. The number of thioether (sulfide) groups is 1. The van der Waals surface area contributed by atoms with Gasteiger partial charge in [-0.1, -0.05) is 12.1 Å². The van der Waals surface area contributed by atoms with Gasteiger partial charge in [0.2, 0.25) is 0 Å². The number of fused-ring (bicyclic) bond motifs is 3. The number of carbonyl (C=O) groups is 1. The van der Waals surface area contributed by atoms with Gasteiger partial charge in [0.25, 0.3) is 0 Å². The Morgan fingerprint density at radius 3 is 2.39 bits per heavy atom. The minimum absolute atomic E-state index is 0.307. The Labute approximate surface area is 112 Å². The lowest BCUT2D eigenvalue weighted by Crippen LogP contribution is -2.25. The maximum atomic E-state index is 12.6. The Hall–Kier alpha value is -0.760. The molecule has 94 valence electrons. The van der Waals surface area contributed by atoms with Crippen molar-refractivity contribution in [1.29, 1.82) is 0 Å². The zero-order valence-corrected chi connectivity index (χ0v) is 11.3. The van der Waals surface area contributed by atoms with E-state index in [2.05, 4.69) is 30.0 Å².